The van der Waals surface area contributed by atoms with E-state index in [2.05, 4.69) is 22.8 Å². The molecular formula is C43H52N4O10. The molecule has 3 aromatic rings. The molecule has 2 aromatic carbocycles. The van der Waals surface area contributed by atoms with Crippen LogP contribution in [-0.2, 0) is 16.2 Å². The number of allylic oxidation sites excluding steroid dienone is 1. The molecule has 3 aliphatic rings. The molecule has 1 amide bonds. The summed E-state index contributed by atoms with van der Waals surface area (Å²) in [6, 6.07) is 16.1. The molecule has 6 atom stereocenters. The number of benzene rings is 2. The number of non-ortho nitro benzene ring substituents is 1. The van der Waals surface area contributed by atoms with Crippen molar-refractivity contribution in [2.24, 2.45) is 22.9 Å². The number of carbonyl (C=O) groups excluding carboxylic acids is 1. The molecule has 0 saturated heterocycles. The van der Waals surface area contributed by atoms with Crippen molar-refractivity contribution < 1.29 is 43.7 Å². The van der Waals surface area contributed by atoms with E-state index < -0.39 is 28.8 Å². The van der Waals surface area contributed by atoms with Gasteiger partial charge in [0.15, 0.2) is 0 Å². The molecular weight excluding hydrogens is 732 g/mol. The maximum atomic E-state index is 14.1. The minimum absolute atomic E-state index is 0.0342. The molecule has 1 aromatic heterocycles. The number of ether oxygens (including phenoxy) is 4. The maximum Gasteiger partial charge on any atom is 0.415 e. The fourth-order valence-corrected chi connectivity index (χ4v) is 8.70. The summed E-state index contributed by atoms with van der Waals surface area (Å²) in [6.45, 7) is 6.42. The van der Waals surface area contributed by atoms with Crippen molar-refractivity contribution >= 4 is 17.5 Å². The number of fused-ring (bicyclic) bond motifs is 2. The molecule has 0 radical (unpaired) electrons. The monoisotopic (exact) mass is 784 g/mol. The number of aromatic nitrogens is 1. The van der Waals surface area contributed by atoms with Gasteiger partial charge in [-0.2, -0.15) is 0 Å². The van der Waals surface area contributed by atoms with Crippen molar-refractivity contribution in [3.8, 4) is 17.2 Å². The Bertz CT molecular complexity index is 1950. The van der Waals surface area contributed by atoms with Crippen LogP contribution in [0.2, 0.25) is 0 Å². The maximum absolute atomic E-state index is 14.1. The SMILES string of the molecule is C=CCO[C@@]12Oc3ccc(OCc4cccc(C)n4)cc3[C@H]3[C@H](CCCCO)[C@@H](CCCCO)C=C(C(=NOC)C[C@@H]1N(C)C(=O)Oc1ccc([N+](=O)[O-])cc1)[C@H]32. The highest BCUT2D eigenvalue weighted by molar-refractivity contribution is 6.03. The number of rotatable bonds is 18. The molecule has 0 unspecified atom stereocenters. The third-order valence-corrected chi connectivity index (χ3v) is 11.2. The van der Waals surface area contributed by atoms with Gasteiger partial charge in [-0.1, -0.05) is 36.2 Å². The molecule has 6 rings (SSSR count). The summed E-state index contributed by atoms with van der Waals surface area (Å²) in [7, 11) is 3.10. The molecule has 304 valence electrons. The number of pyridine rings is 1. The number of carbonyl (C=O) groups is 1. The van der Waals surface area contributed by atoms with Gasteiger partial charge in [-0.25, -0.2) is 4.79 Å². The van der Waals surface area contributed by atoms with Crippen molar-refractivity contribution in [2.75, 3.05) is 34.0 Å². The van der Waals surface area contributed by atoms with E-state index >= 15 is 0 Å². The van der Waals surface area contributed by atoms with Crippen LogP contribution in [0.1, 0.15) is 67.8 Å². The summed E-state index contributed by atoms with van der Waals surface area (Å²) in [4.78, 5) is 36.3. The third kappa shape index (κ3) is 8.98. The minimum Gasteiger partial charge on any atom is -0.487 e. The molecule has 57 heavy (non-hydrogen) atoms. The Kier molecular flexibility index (Phi) is 13.6. The number of hydrogen-bond acceptors (Lipinski definition) is 12. The first-order valence-electron chi connectivity index (χ1n) is 19.5. The smallest absolute Gasteiger partial charge is 0.415 e. The van der Waals surface area contributed by atoms with Crippen molar-refractivity contribution in [3.63, 3.8) is 0 Å². The van der Waals surface area contributed by atoms with Crippen molar-refractivity contribution in [2.45, 2.75) is 76.2 Å². The largest absolute Gasteiger partial charge is 0.487 e. The Morgan fingerprint density at radius 1 is 1.09 bits per heavy atom. The fourth-order valence-electron chi connectivity index (χ4n) is 8.70. The molecule has 14 heteroatoms. The molecule has 14 nitrogen and oxygen atoms in total. The van der Waals surface area contributed by atoms with Gasteiger partial charge in [-0.15, -0.1) is 6.58 Å². The fraction of sp³-hybridized carbons (Fsp3) is 0.465. The van der Waals surface area contributed by atoms with Crippen LogP contribution in [0.15, 0.2) is 90.1 Å². The summed E-state index contributed by atoms with van der Waals surface area (Å²) in [5.74, 6) is -0.745. The number of aliphatic hydroxyl groups excluding tert-OH is 2. The van der Waals surface area contributed by atoms with E-state index in [0.29, 0.717) is 30.1 Å². The summed E-state index contributed by atoms with van der Waals surface area (Å²) in [6.07, 6.45) is 7.85. The summed E-state index contributed by atoms with van der Waals surface area (Å²) >= 11 is 0. The van der Waals surface area contributed by atoms with E-state index in [-0.39, 0.29) is 62.0 Å². The van der Waals surface area contributed by atoms with Crippen LogP contribution in [0.5, 0.6) is 17.2 Å². The number of hydrogen-bond donors (Lipinski definition) is 2. The average Bonchev–Trinajstić information content (AvgIpc) is 3.21. The lowest BCUT2D eigenvalue weighted by Crippen LogP contribution is -2.69. The van der Waals surface area contributed by atoms with Crippen LogP contribution < -0.4 is 14.2 Å². The van der Waals surface area contributed by atoms with E-state index in [9.17, 15) is 25.1 Å². The first kappa shape index (κ1) is 41.3. The van der Waals surface area contributed by atoms with Crippen LogP contribution >= 0.6 is 0 Å². The number of aliphatic hydroxyl groups is 2. The van der Waals surface area contributed by atoms with Crippen molar-refractivity contribution in [1.82, 2.24) is 9.88 Å². The predicted octanol–water partition coefficient (Wildman–Crippen LogP) is 7.27. The highest BCUT2D eigenvalue weighted by atomic mass is 16.7. The van der Waals surface area contributed by atoms with Crippen molar-refractivity contribution in [3.05, 3.63) is 112 Å². The predicted molar refractivity (Wildman–Crippen MR) is 212 cm³/mol. The van der Waals surface area contributed by atoms with E-state index in [1.807, 2.05) is 43.3 Å². The summed E-state index contributed by atoms with van der Waals surface area (Å²) in [5.41, 5.74) is 4.02. The zero-order chi connectivity index (χ0) is 40.5. The number of nitro benzene ring substituents is 1. The zero-order valence-corrected chi connectivity index (χ0v) is 32.7. The number of amides is 1. The number of nitrogens with zero attached hydrogens (tertiary/aromatic N) is 4. The van der Waals surface area contributed by atoms with E-state index in [1.54, 1.807) is 13.1 Å². The van der Waals surface area contributed by atoms with Gasteiger partial charge < -0.3 is 38.9 Å². The molecule has 2 heterocycles. The molecule has 1 aliphatic heterocycles. The van der Waals surface area contributed by atoms with Crippen LogP contribution in [-0.4, -0.2) is 82.6 Å². The Morgan fingerprint density at radius 2 is 1.82 bits per heavy atom. The molecule has 0 spiro atoms. The summed E-state index contributed by atoms with van der Waals surface area (Å²) in [5, 5.41) is 35.4. The Labute approximate surface area is 332 Å². The van der Waals surface area contributed by atoms with E-state index in [1.165, 1.54) is 36.3 Å². The van der Waals surface area contributed by atoms with E-state index in [4.69, 9.17) is 23.8 Å². The van der Waals surface area contributed by atoms with E-state index in [0.717, 1.165) is 48.2 Å². The lowest BCUT2D eigenvalue weighted by atomic mass is 9.55. The zero-order valence-electron chi connectivity index (χ0n) is 32.7. The normalized spacial score (nSPS) is 24.0. The van der Waals surface area contributed by atoms with Gasteiger partial charge in [-0.05, 0) is 92.5 Å². The Balaban J connectivity index is 1.49. The standard InChI is InChI=1S/C43H52N4O10/c1-5-23-55-43-39(46(3)42(50)56-32-17-15-31(16-18-32)47(51)52)26-37(45-53-4)35-24-29(12-6-8-21-48)34(14-7-9-22-49)40(41(35)43)36-25-33(19-20-38(36)57-43)54-27-30-13-10-11-28(2)44-30/h5,10-11,13,15-20,24-25,29,34,39-41,48-49H,1,6-9,12,14,21-23,26-27H2,2-4H3/t29-,34+,39-,40+,41+,43+/m0/s1. The molecule has 1 saturated carbocycles. The number of oxime groups is 1. The number of aryl methyl sites for hydroxylation is 1. The second-order valence-corrected chi connectivity index (χ2v) is 14.7. The molecule has 2 aliphatic carbocycles. The third-order valence-electron chi connectivity index (χ3n) is 11.2. The molecule has 0 bridgehead atoms. The highest BCUT2D eigenvalue weighted by Crippen LogP contribution is 2.61. The van der Waals surface area contributed by atoms with Gasteiger partial charge in [0.2, 0.25) is 5.79 Å². The van der Waals surface area contributed by atoms with Gasteiger partial charge in [0.05, 0.1) is 28.9 Å². The highest BCUT2D eigenvalue weighted by Gasteiger charge is 2.65. The van der Waals surface area contributed by atoms with Gasteiger partial charge in [0.1, 0.15) is 37.0 Å². The van der Waals surface area contributed by atoms with Gasteiger partial charge in [0.25, 0.3) is 5.69 Å². The first-order chi connectivity index (χ1) is 27.6. The number of unbranched alkanes of at least 4 members (excludes halogenated alkanes) is 2. The minimum atomic E-state index is -1.47. The van der Waals surface area contributed by atoms with Crippen LogP contribution in [0.25, 0.3) is 0 Å². The Morgan fingerprint density at radius 3 is 2.51 bits per heavy atom. The van der Waals surface area contributed by atoms with Gasteiger partial charge >= 0.3 is 6.09 Å². The van der Waals surface area contributed by atoms with Crippen LogP contribution in [0.3, 0.4) is 0 Å². The first-order valence-corrected chi connectivity index (χ1v) is 19.5. The lowest BCUT2D eigenvalue weighted by molar-refractivity contribution is -0.384. The second kappa shape index (κ2) is 18.8. The number of nitro groups is 1. The van der Waals surface area contributed by atoms with Gasteiger partial charge in [-0.3, -0.25) is 15.1 Å². The number of likely N-dealkylation sites (N-methyl/N-ethyl adjacent to an activating group) is 1. The second-order valence-electron chi connectivity index (χ2n) is 14.7. The van der Waals surface area contributed by atoms with Crippen molar-refractivity contribution in [1.29, 1.82) is 0 Å². The lowest BCUT2D eigenvalue weighted by Gasteiger charge is -2.59. The molecule has 2 N–H and O–H groups in total. The molecule has 1 fully saturated rings. The van der Waals surface area contributed by atoms with Gasteiger partial charge in [0, 0.05) is 56.0 Å². The van der Waals surface area contributed by atoms with Crippen LogP contribution in [0.4, 0.5) is 10.5 Å². The van der Waals surface area contributed by atoms with Crippen LogP contribution in [0, 0.1) is 34.8 Å². The quantitative estimate of drug-likeness (QED) is 0.0574. The topological polar surface area (TPSA) is 175 Å². The average molecular weight is 785 g/mol. The Hall–Kier alpha value is -5.31. The summed E-state index contributed by atoms with van der Waals surface area (Å²) < 4.78 is 26.1.